The maximum atomic E-state index is 13.6. The van der Waals surface area contributed by atoms with E-state index in [4.69, 9.17) is 13.9 Å². The molecule has 2 atom stereocenters. The first-order valence-electron chi connectivity index (χ1n) is 10.6. The molecule has 3 rings (SSSR count). The Morgan fingerprint density at radius 2 is 2.06 bits per heavy atom. The van der Waals surface area contributed by atoms with Gasteiger partial charge < -0.3 is 23.4 Å². The summed E-state index contributed by atoms with van der Waals surface area (Å²) in [7, 11) is 1.73. The average Bonchev–Trinajstić information content (AvgIpc) is 3.48. The van der Waals surface area contributed by atoms with Gasteiger partial charge in [0.15, 0.2) is 11.5 Å². The molecule has 2 aromatic heterocycles. The highest BCUT2D eigenvalue weighted by Gasteiger charge is 2.35. The second kappa shape index (κ2) is 9.51. The molecule has 1 saturated heterocycles. The summed E-state index contributed by atoms with van der Waals surface area (Å²) in [5.74, 6) is -0.899. The van der Waals surface area contributed by atoms with E-state index in [0.29, 0.717) is 35.7 Å². The predicted molar refractivity (Wildman–Crippen MR) is 113 cm³/mol. The summed E-state index contributed by atoms with van der Waals surface area (Å²) in [6, 6.07) is 2.46. The fraction of sp³-hybridized carbons (Fsp3) is 0.522. The third kappa shape index (κ3) is 4.44. The summed E-state index contributed by atoms with van der Waals surface area (Å²) < 4.78 is 17.8. The predicted octanol–water partition coefficient (Wildman–Crippen LogP) is 3.30. The molecular formula is C23H30N2O6. The van der Waals surface area contributed by atoms with E-state index in [1.54, 1.807) is 51.4 Å². The van der Waals surface area contributed by atoms with Gasteiger partial charge in [-0.1, -0.05) is 0 Å². The van der Waals surface area contributed by atoms with Crippen LogP contribution < -0.4 is 0 Å². The van der Waals surface area contributed by atoms with Crippen molar-refractivity contribution in [3.63, 3.8) is 0 Å². The first kappa shape index (κ1) is 22.8. The summed E-state index contributed by atoms with van der Waals surface area (Å²) >= 11 is 0. The smallest absolute Gasteiger partial charge is 0.355 e. The molecule has 0 saturated carbocycles. The van der Waals surface area contributed by atoms with E-state index in [0.717, 1.165) is 12.8 Å². The van der Waals surface area contributed by atoms with Crippen LogP contribution in [0.1, 0.15) is 69.3 Å². The van der Waals surface area contributed by atoms with Crippen LogP contribution >= 0.6 is 0 Å². The number of esters is 1. The summed E-state index contributed by atoms with van der Waals surface area (Å²) in [5, 5.41) is 0. The number of hydrogen-bond acceptors (Lipinski definition) is 6. The van der Waals surface area contributed by atoms with Gasteiger partial charge in [-0.2, -0.15) is 0 Å². The van der Waals surface area contributed by atoms with Gasteiger partial charge in [-0.05, 0) is 58.2 Å². The summed E-state index contributed by atoms with van der Waals surface area (Å²) in [5.41, 5.74) is 1.98. The fourth-order valence-corrected chi connectivity index (χ4v) is 4.15. The SMILES string of the molecule is CCOC(=O)c1c(C)c(C(=O)C(C)N(CC2CCCO2)C(=O)c2ccco2)c(C)n1C. The van der Waals surface area contributed by atoms with Gasteiger partial charge in [0, 0.05) is 31.5 Å². The van der Waals surface area contributed by atoms with Crippen LogP contribution in [0.2, 0.25) is 0 Å². The minimum absolute atomic E-state index is 0.123. The Balaban J connectivity index is 1.95. The minimum Gasteiger partial charge on any atom is -0.461 e. The van der Waals surface area contributed by atoms with Crippen LogP contribution in [0.5, 0.6) is 0 Å². The monoisotopic (exact) mass is 430 g/mol. The summed E-state index contributed by atoms with van der Waals surface area (Å²) in [4.78, 5) is 40.7. The van der Waals surface area contributed by atoms with Crippen LogP contribution in [-0.4, -0.2) is 59.0 Å². The maximum Gasteiger partial charge on any atom is 0.355 e. The summed E-state index contributed by atoms with van der Waals surface area (Å²) in [6.45, 7) is 8.15. The van der Waals surface area contributed by atoms with Gasteiger partial charge in [-0.15, -0.1) is 0 Å². The van der Waals surface area contributed by atoms with E-state index >= 15 is 0 Å². The van der Waals surface area contributed by atoms with Crippen LogP contribution in [0.4, 0.5) is 0 Å². The molecule has 0 spiro atoms. The Bertz CT molecular complexity index is 953. The maximum absolute atomic E-state index is 13.6. The van der Waals surface area contributed by atoms with Gasteiger partial charge in [0.25, 0.3) is 5.91 Å². The normalized spacial score (nSPS) is 16.9. The first-order chi connectivity index (χ1) is 14.8. The number of carbonyl (C=O) groups excluding carboxylic acids is 3. The number of aromatic nitrogens is 1. The van der Waals surface area contributed by atoms with Crippen LogP contribution in [0.3, 0.4) is 0 Å². The Hall–Kier alpha value is -2.87. The van der Waals surface area contributed by atoms with Crippen molar-refractivity contribution < 1.29 is 28.3 Å². The first-order valence-corrected chi connectivity index (χ1v) is 10.6. The lowest BCUT2D eigenvalue weighted by molar-refractivity contribution is 0.0390. The average molecular weight is 431 g/mol. The van der Waals surface area contributed by atoms with Gasteiger partial charge in [0.05, 0.1) is 25.0 Å². The largest absolute Gasteiger partial charge is 0.461 e. The number of amides is 1. The van der Waals surface area contributed by atoms with Gasteiger partial charge in [0.1, 0.15) is 5.69 Å². The highest BCUT2D eigenvalue weighted by Crippen LogP contribution is 2.26. The Morgan fingerprint density at radius 3 is 2.65 bits per heavy atom. The van der Waals surface area contributed by atoms with Gasteiger partial charge in [-0.25, -0.2) is 4.79 Å². The van der Waals surface area contributed by atoms with Crippen molar-refractivity contribution in [3.05, 3.63) is 46.7 Å². The molecule has 2 unspecified atom stereocenters. The quantitative estimate of drug-likeness (QED) is 0.471. The second-order valence-corrected chi connectivity index (χ2v) is 7.82. The van der Waals surface area contributed by atoms with Crippen LogP contribution in [-0.2, 0) is 16.5 Å². The lowest BCUT2D eigenvalue weighted by Gasteiger charge is -2.30. The summed E-state index contributed by atoms with van der Waals surface area (Å²) in [6.07, 6.45) is 3.07. The van der Waals surface area contributed by atoms with E-state index < -0.39 is 12.0 Å². The van der Waals surface area contributed by atoms with E-state index in [-0.39, 0.29) is 30.2 Å². The van der Waals surface area contributed by atoms with Gasteiger partial charge in [-0.3, -0.25) is 9.59 Å². The highest BCUT2D eigenvalue weighted by molar-refractivity contribution is 6.07. The molecule has 0 aliphatic carbocycles. The number of hydrogen-bond donors (Lipinski definition) is 0. The van der Waals surface area contributed by atoms with E-state index in [1.807, 2.05) is 0 Å². The van der Waals surface area contributed by atoms with Crippen LogP contribution in [0.15, 0.2) is 22.8 Å². The zero-order chi connectivity index (χ0) is 22.7. The van der Waals surface area contributed by atoms with Crippen molar-refractivity contribution in [2.24, 2.45) is 7.05 Å². The minimum atomic E-state index is -0.767. The standard InChI is InChI=1S/C23H30N2O6/c1-6-29-23(28)20-14(2)19(15(3)24(20)5)21(26)16(4)25(13-17-9-7-11-30-17)22(27)18-10-8-12-31-18/h8,10,12,16-17H,6-7,9,11,13H2,1-5H3. The highest BCUT2D eigenvalue weighted by atomic mass is 16.5. The lowest BCUT2D eigenvalue weighted by Crippen LogP contribution is -2.47. The molecule has 8 heteroatoms. The van der Waals surface area contributed by atoms with Gasteiger partial charge >= 0.3 is 5.97 Å². The van der Waals surface area contributed by atoms with Crippen molar-refractivity contribution in [2.75, 3.05) is 19.8 Å². The molecule has 2 aromatic rings. The molecule has 168 valence electrons. The van der Waals surface area contributed by atoms with E-state index in [1.165, 1.54) is 11.2 Å². The Morgan fingerprint density at radius 1 is 1.32 bits per heavy atom. The lowest BCUT2D eigenvalue weighted by atomic mass is 9.99. The number of ketones is 1. The van der Waals surface area contributed by atoms with E-state index in [2.05, 4.69) is 0 Å². The third-order valence-electron chi connectivity index (χ3n) is 5.91. The topological polar surface area (TPSA) is 91.0 Å². The second-order valence-electron chi connectivity index (χ2n) is 7.82. The molecular weight excluding hydrogens is 400 g/mol. The zero-order valence-electron chi connectivity index (χ0n) is 18.8. The molecule has 0 bridgehead atoms. The molecule has 0 radical (unpaired) electrons. The molecule has 1 aliphatic rings. The number of furan rings is 1. The number of nitrogens with zero attached hydrogens (tertiary/aromatic N) is 2. The Labute approximate surface area is 182 Å². The molecule has 31 heavy (non-hydrogen) atoms. The number of rotatable bonds is 8. The molecule has 1 aliphatic heterocycles. The van der Waals surface area contributed by atoms with Crippen molar-refractivity contribution in [2.45, 2.75) is 52.7 Å². The molecule has 8 nitrogen and oxygen atoms in total. The number of Topliss-reactive ketones (excluding diaryl/α,β-unsaturated/α-hetero) is 1. The third-order valence-corrected chi connectivity index (χ3v) is 5.91. The Kier molecular flexibility index (Phi) is 7.00. The van der Waals surface area contributed by atoms with Gasteiger partial charge in [0.2, 0.25) is 0 Å². The molecule has 3 heterocycles. The number of ether oxygens (including phenoxy) is 2. The molecule has 1 fully saturated rings. The number of carbonyl (C=O) groups is 3. The molecule has 0 N–H and O–H groups in total. The van der Waals surface area contributed by atoms with E-state index in [9.17, 15) is 14.4 Å². The van der Waals surface area contributed by atoms with Crippen LogP contribution in [0, 0.1) is 13.8 Å². The van der Waals surface area contributed by atoms with Crippen LogP contribution in [0.25, 0.3) is 0 Å². The zero-order valence-corrected chi connectivity index (χ0v) is 18.8. The van der Waals surface area contributed by atoms with Crippen molar-refractivity contribution in [1.82, 2.24) is 9.47 Å². The molecule has 0 aromatic carbocycles. The molecule has 1 amide bonds. The fourth-order valence-electron chi connectivity index (χ4n) is 4.15. The van der Waals surface area contributed by atoms with Crippen molar-refractivity contribution in [3.8, 4) is 0 Å². The van der Waals surface area contributed by atoms with Crippen molar-refractivity contribution >= 4 is 17.7 Å². The van der Waals surface area contributed by atoms with Crippen molar-refractivity contribution in [1.29, 1.82) is 0 Å².